The minimum Gasteiger partial charge on any atom is -0.326 e. The lowest BCUT2D eigenvalue weighted by Gasteiger charge is -2.24. The van der Waals surface area contributed by atoms with Crippen LogP contribution in [-0.4, -0.2) is 16.5 Å². The number of benzene rings is 1. The van der Waals surface area contributed by atoms with Crippen LogP contribution in [0.2, 0.25) is 0 Å². The highest BCUT2D eigenvalue weighted by Gasteiger charge is 2.15. The van der Waals surface area contributed by atoms with Crippen LogP contribution in [-0.2, 0) is 0 Å². The molecule has 100 valence electrons. The Hall–Kier alpha value is -2.14. The molecule has 5 nitrogen and oxygen atoms in total. The van der Waals surface area contributed by atoms with Crippen molar-refractivity contribution >= 4 is 17.3 Å². The van der Waals surface area contributed by atoms with Crippen molar-refractivity contribution in [2.24, 2.45) is 5.84 Å². The molecule has 1 aromatic heterocycles. The van der Waals surface area contributed by atoms with Crippen molar-refractivity contribution < 1.29 is 0 Å². The topological polar surface area (TPSA) is 67.1 Å². The Morgan fingerprint density at radius 1 is 1.16 bits per heavy atom. The highest BCUT2D eigenvalue weighted by molar-refractivity contribution is 5.67. The van der Waals surface area contributed by atoms with Gasteiger partial charge < -0.3 is 10.3 Å². The summed E-state index contributed by atoms with van der Waals surface area (Å²) in [4.78, 5) is 11.0. The van der Waals surface area contributed by atoms with Gasteiger partial charge in [0.25, 0.3) is 0 Å². The molecule has 0 saturated carbocycles. The molecule has 0 amide bonds. The second-order valence-electron chi connectivity index (χ2n) is 4.29. The van der Waals surface area contributed by atoms with Crippen molar-refractivity contribution in [3.63, 3.8) is 0 Å². The van der Waals surface area contributed by atoms with E-state index in [1.165, 1.54) is 0 Å². The van der Waals surface area contributed by atoms with Crippen LogP contribution in [0, 0.1) is 13.8 Å². The summed E-state index contributed by atoms with van der Waals surface area (Å²) >= 11 is 0. The number of hydrogen-bond donors (Lipinski definition) is 2. The van der Waals surface area contributed by atoms with E-state index in [0.717, 1.165) is 23.6 Å². The Balaban J connectivity index is 2.53. The third-order valence-electron chi connectivity index (χ3n) is 3.01. The van der Waals surface area contributed by atoms with Crippen molar-refractivity contribution in [1.29, 1.82) is 0 Å². The van der Waals surface area contributed by atoms with Crippen molar-refractivity contribution in [3.8, 4) is 0 Å². The van der Waals surface area contributed by atoms with Crippen molar-refractivity contribution in [2.45, 2.75) is 20.8 Å². The zero-order valence-electron chi connectivity index (χ0n) is 11.5. The molecule has 0 aliphatic carbocycles. The Labute approximate surface area is 113 Å². The zero-order chi connectivity index (χ0) is 13.8. The molecule has 5 heteroatoms. The molecule has 1 aromatic carbocycles. The van der Waals surface area contributed by atoms with Gasteiger partial charge in [0.15, 0.2) is 0 Å². The van der Waals surface area contributed by atoms with E-state index in [1.807, 2.05) is 32.0 Å². The number of nitrogens with two attached hydrogens (primary N) is 1. The number of nitrogens with one attached hydrogen (secondary N) is 1. The molecule has 1 heterocycles. The fourth-order valence-corrected chi connectivity index (χ4v) is 2.08. The predicted octanol–water partition coefficient (Wildman–Crippen LogP) is 2.54. The van der Waals surface area contributed by atoms with E-state index in [1.54, 1.807) is 0 Å². The average Bonchev–Trinajstić information content (AvgIpc) is 2.44. The summed E-state index contributed by atoms with van der Waals surface area (Å²) in [5, 5.41) is 0. The van der Waals surface area contributed by atoms with Crippen molar-refractivity contribution in [1.82, 2.24) is 9.97 Å². The first-order chi connectivity index (χ1) is 9.17. The molecular weight excluding hydrogens is 238 g/mol. The van der Waals surface area contributed by atoms with Crippen LogP contribution in [0.15, 0.2) is 30.3 Å². The van der Waals surface area contributed by atoms with Gasteiger partial charge in [0.05, 0.1) is 0 Å². The minimum absolute atomic E-state index is 0.664. The molecule has 0 spiro atoms. The molecule has 0 aliphatic rings. The number of hydrogen-bond acceptors (Lipinski definition) is 5. The quantitative estimate of drug-likeness (QED) is 0.651. The number of aryl methyl sites for hydroxylation is 1. The van der Waals surface area contributed by atoms with Crippen LogP contribution in [0.5, 0.6) is 0 Å². The number of nitrogens with zero attached hydrogens (tertiary/aromatic N) is 3. The summed E-state index contributed by atoms with van der Waals surface area (Å²) in [6, 6.07) is 10.2. The summed E-state index contributed by atoms with van der Waals surface area (Å²) in [6.45, 7) is 6.75. The van der Waals surface area contributed by atoms with Crippen molar-refractivity contribution in [3.05, 3.63) is 41.7 Å². The lowest BCUT2D eigenvalue weighted by atomic mass is 10.2. The van der Waals surface area contributed by atoms with E-state index in [-0.39, 0.29) is 0 Å². The molecule has 2 rings (SSSR count). The second-order valence-corrected chi connectivity index (χ2v) is 4.29. The molecule has 0 saturated heterocycles. The normalized spacial score (nSPS) is 10.3. The van der Waals surface area contributed by atoms with E-state index in [4.69, 9.17) is 5.84 Å². The van der Waals surface area contributed by atoms with Gasteiger partial charge in [0.2, 0.25) is 0 Å². The number of anilines is 3. The minimum atomic E-state index is 0.664. The van der Waals surface area contributed by atoms with Crippen LogP contribution in [0.3, 0.4) is 0 Å². The number of aromatic nitrogens is 2. The zero-order valence-corrected chi connectivity index (χ0v) is 11.5. The first-order valence-corrected chi connectivity index (χ1v) is 6.31. The summed E-state index contributed by atoms with van der Waals surface area (Å²) in [6.07, 6.45) is 0. The van der Waals surface area contributed by atoms with Crippen LogP contribution < -0.4 is 16.2 Å². The van der Waals surface area contributed by atoms with E-state index in [0.29, 0.717) is 11.6 Å². The molecule has 0 fully saturated rings. The summed E-state index contributed by atoms with van der Waals surface area (Å²) in [5.74, 6) is 7.75. The monoisotopic (exact) mass is 257 g/mol. The number of nitrogen functional groups attached to an aromatic ring is 1. The first-order valence-electron chi connectivity index (χ1n) is 6.31. The Morgan fingerprint density at radius 2 is 1.84 bits per heavy atom. The van der Waals surface area contributed by atoms with Gasteiger partial charge in [-0.2, -0.15) is 0 Å². The van der Waals surface area contributed by atoms with Crippen LogP contribution >= 0.6 is 0 Å². The molecular formula is C14H19N5. The van der Waals surface area contributed by atoms with E-state index in [9.17, 15) is 0 Å². The van der Waals surface area contributed by atoms with Crippen LogP contribution in [0.1, 0.15) is 18.3 Å². The van der Waals surface area contributed by atoms with Crippen LogP contribution in [0.4, 0.5) is 17.3 Å². The summed E-state index contributed by atoms with van der Waals surface area (Å²) < 4.78 is 0. The van der Waals surface area contributed by atoms with Gasteiger partial charge >= 0.3 is 0 Å². The van der Waals surface area contributed by atoms with Crippen molar-refractivity contribution in [2.75, 3.05) is 16.9 Å². The van der Waals surface area contributed by atoms with E-state index < -0.39 is 0 Å². The molecule has 0 radical (unpaired) electrons. The highest BCUT2D eigenvalue weighted by atomic mass is 15.3. The molecule has 19 heavy (non-hydrogen) atoms. The van der Waals surface area contributed by atoms with E-state index in [2.05, 4.69) is 39.4 Å². The molecule has 0 atom stereocenters. The third kappa shape index (κ3) is 2.66. The fourth-order valence-electron chi connectivity index (χ4n) is 2.08. The van der Waals surface area contributed by atoms with Gasteiger partial charge in [-0.1, -0.05) is 18.2 Å². The molecule has 0 unspecified atom stereocenters. The molecule has 0 bridgehead atoms. The summed E-state index contributed by atoms with van der Waals surface area (Å²) in [5.41, 5.74) is 4.68. The predicted molar refractivity (Wildman–Crippen MR) is 78.4 cm³/mol. The molecule has 3 N–H and O–H groups in total. The lowest BCUT2D eigenvalue weighted by Crippen LogP contribution is -2.21. The maximum atomic E-state index is 5.51. The maximum Gasteiger partial charge on any atom is 0.148 e. The average molecular weight is 257 g/mol. The second kappa shape index (κ2) is 5.67. The number of rotatable bonds is 4. The largest absolute Gasteiger partial charge is 0.326 e. The smallest absolute Gasteiger partial charge is 0.148 e. The Morgan fingerprint density at radius 3 is 2.42 bits per heavy atom. The highest BCUT2D eigenvalue weighted by Crippen LogP contribution is 2.28. The SMILES string of the molecule is CCN(c1ccccc1)c1nc(C)nc(NN)c1C. The van der Waals surface area contributed by atoms with Gasteiger partial charge in [-0.3, -0.25) is 0 Å². The summed E-state index contributed by atoms with van der Waals surface area (Å²) in [7, 11) is 0. The maximum absolute atomic E-state index is 5.51. The lowest BCUT2D eigenvalue weighted by molar-refractivity contribution is 0.935. The standard InChI is InChI=1S/C14H19N5/c1-4-19(12-8-6-5-7-9-12)14-10(2)13(18-15)16-11(3)17-14/h5-9H,4,15H2,1-3H3,(H,16,17,18). The van der Waals surface area contributed by atoms with Gasteiger partial charge in [-0.15, -0.1) is 0 Å². The van der Waals surface area contributed by atoms with Gasteiger partial charge in [-0.05, 0) is 32.9 Å². The molecule has 0 aliphatic heterocycles. The fraction of sp³-hybridized carbons (Fsp3) is 0.286. The Bertz CT molecular complexity index is 553. The third-order valence-corrected chi connectivity index (χ3v) is 3.01. The molecule has 2 aromatic rings. The Kier molecular flexibility index (Phi) is 3.97. The van der Waals surface area contributed by atoms with E-state index >= 15 is 0 Å². The number of hydrazine groups is 1. The van der Waals surface area contributed by atoms with Gasteiger partial charge in [-0.25, -0.2) is 15.8 Å². The number of para-hydroxylation sites is 1. The van der Waals surface area contributed by atoms with Gasteiger partial charge in [0.1, 0.15) is 17.5 Å². The first kappa shape index (κ1) is 13.3. The van der Waals surface area contributed by atoms with Gasteiger partial charge in [0, 0.05) is 17.8 Å². The van der Waals surface area contributed by atoms with Crippen LogP contribution in [0.25, 0.3) is 0 Å².